The molecule has 0 saturated heterocycles. The summed E-state index contributed by atoms with van der Waals surface area (Å²) in [6, 6.07) is 0. The lowest BCUT2D eigenvalue weighted by molar-refractivity contribution is -0.151. The molecule has 4 heteroatoms. The van der Waals surface area contributed by atoms with E-state index in [0.717, 1.165) is 12.8 Å². The molecule has 0 spiro atoms. The van der Waals surface area contributed by atoms with E-state index >= 15 is 0 Å². The maximum absolute atomic E-state index is 11.8. The van der Waals surface area contributed by atoms with E-state index in [9.17, 15) is 9.59 Å². The first-order chi connectivity index (χ1) is 7.85. The first-order valence-electron chi connectivity index (χ1n) is 6.40. The quantitative estimate of drug-likeness (QED) is 0.749. The van der Waals surface area contributed by atoms with Crippen LogP contribution in [0.15, 0.2) is 0 Å². The molecule has 0 aromatic rings. The lowest BCUT2D eigenvalue weighted by Gasteiger charge is -2.38. The number of carbonyl (C=O) groups excluding carboxylic acids is 1. The molecule has 0 heterocycles. The highest BCUT2D eigenvalue weighted by Crippen LogP contribution is 2.32. The van der Waals surface area contributed by atoms with Crippen LogP contribution in [0.3, 0.4) is 0 Å². The second-order valence-electron chi connectivity index (χ2n) is 5.73. The summed E-state index contributed by atoms with van der Waals surface area (Å²) in [5.74, 6) is -0.148. The highest BCUT2D eigenvalue weighted by atomic mass is 16.4. The minimum absolute atomic E-state index is 0.125. The van der Waals surface area contributed by atoms with Crippen molar-refractivity contribution in [3.8, 4) is 0 Å². The Morgan fingerprint density at radius 3 is 2.24 bits per heavy atom. The number of carbonyl (C=O) groups is 2. The van der Waals surface area contributed by atoms with Crippen LogP contribution in [-0.4, -0.2) is 22.5 Å². The predicted octanol–water partition coefficient (Wildman–Crippen LogP) is 2.18. The van der Waals surface area contributed by atoms with Crippen LogP contribution in [0.4, 0.5) is 0 Å². The molecule has 1 amide bonds. The summed E-state index contributed by atoms with van der Waals surface area (Å²) >= 11 is 0. The maximum Gasteiger partial charge on any atom is 0.329 e. The average molecular weight is 241 g/mol. The van der Waals surface area contributed by atoms with Gasteiger partial charge in [0.2, 0.25) is 5.91 Å². The minimum Gasteiger partial charge on any atom is -0.480 e. The Morgan fingerprint density at radius 1 is 1.29 bits per heavy atom. The molecule has 1 atom stereocenters. The largest absolute Gasteiger partial charge is 0.480 e. The molecule has 1 aliphatic carbocycles. The van der Waals surface area contributed by atoms with Crippen molar-refractivity contribution in [2.45, 2.75) is 58.4 Å². The van der Waals surface area contributed by atoms with E-state index < -0.39 is 11.5 Å². The fourth-order valence-electron chi connectivity index (χ4n) is 2.45. The summed E-state index contributed by atoms with van der Waals surface area (Å²) in [6.45, 7) is 6.28. The van der Waals surface area contributed by atoms with Crippen molar-refractivity contribution in [3.63, 3.8) is 0 Å². The number of carboxylic acids is 1. The molecule has 1 saturated carbocycles. The van der Waals surface area contributed by atoms with E-state index in [4.69, 9.17) is 5.11 Å². The van der Waals surface area contributed by atoms with E-state index in [1.807, 2.05) is 6.92 Å². The van der Waals surface area contributed by atoms with Crippen molar-refractivity contribution in [2.75, 3.05) is 0 Å². The Balaban J connectivity index is 2.41. The number of hydrogen-bond donors (Lipinski definition) is 2. The summed E-state index contributed by atoms with van der Waals surface area (Å²) in [5, 5.41) is 11.8. The van der Waals surface area contributed by atoms with Gasteiger partial charge in [-0.1, -0.05) is 20.8 Å². The molecule has 98 valence electrons. The lowest BCUT2D eigenvalue weighted by Crippen LogP contribution is -2.59. The molecule has 17 heavy (non-hydrogen) atoms. The molecule has 1 rings (SSSR count). The van der Waals surface area contributed by atoms with Crippen molar-refractivity contribution in [3.05, 3.63) is 0 Å². The molecular weight excluding hydrogens is 218 g/mol. The Bertz CT molecular complexity index is 295. The Hall–Kier alpha value is -1.06. The molecule has 0 aliphatic heterocycles. The average Bonchev–Trinajstić information content (AvgIpc) is 2.08. The van der Waals surface area contributed by atoms with Gasteiger partial charge in [-0.25, -0.2) is 4.79 Å². The van der Waals surface area contributed by atoms with E-state index in [2.05, 4.69) is 19.2 Å². The molecule has 0 radical (unpaired) electrons. The van der Waals surface area contributed by atoms with Gasteiger partial charge in [-0.05, 0) is 37.5 Å². The van der Waals surface area contributed by atoms with Gasteiger partial charge in [0.1, 0.15) is 5.54 Å². The molecule has 2 N–H and O–H groups in total. The van der Waals surface area contributed by atoms with Gasteiger partial charge in [0.25, 0.3) is 0 Å². The number of carboxylic acid groups (broad SMARTS) is 1. The van der Waals surface area contributed by atoms with Crippen molar-refractivity contribution < 1.29 is 14.7 Å². The zero-order valence-electron chi connectivity index (χ0n) is 11.0. The summed E-state index contributed by atoms with van der Waals surface area (Å²) in [6.07, 6.45) is 3.42. The zero-order chi connectivity index (χ0) is 13.1. The molecule has 1 aliphatic rings. The summed E-state index contributed by atoms with van der Waals surface area (Å²) in [5.41, 5.74) is -0.964. The third-order valence-corrected chi connectivity index (χ3v) is 3.40. The van der Waals surface area contributed by atoms with Gasteiger partial charge >= 0.3 is 5.97 Å². The first-order valence-corrected chi connectivity index (χ1v) is 6.40. The SMILES string of the molecule is CC(C)CC(C)CC(=O)NC1(C(=O)O)CCC1. The third-order valence-electron chi connectivity index (χ3n) is 3.40. The van der Waals surface area contributed by atoms with Gasteiger partial charge in [-0.3, -0.25) is 4.79 Å². The van der Waals surface area contributed by atoms with Gasteiger partial charge in [0.15, 0.2) is 0 Å². The topological polar surface area (TPSA) is 66.4 Å². The Morgan fingerprint density at radius 2 is 1.88 bits per heavy atom. The summed E-state index contributed by atoms with van der Waals surface area (Å²) in [7, 11) is 0. The number of hydrogen-bond acceptors (Lipinski definition) is 2. The summed E-state index contributed by atoms with van der Waals surface area (Å²) < 4.78 is 0. The Labute approximate surface area is 103 Å². The van der Waals surface area contributed by atoms with Crippen LogP contribution < -0.4 is 5.32 Å². The molecule has 0 aromatic carbocycles. The number of amides is 1. The molecule has 1 fully saturated rings. The molecule has 4 nitrogen and oxygen atoms in total. The van der Waals surface area contributed by atoms with E-state index in [-0.39, 0.29) is 5.91 Å². The highest BCUT2D eigenvalue weighted by molar-refractivity contribution is 5.87. The third kappa shape index (κ3) is 3.72. The van der Waals surface area contributed by atoms with Gasteiger partial charge in [-0.2, -0.15) is 0 Å². The normalized spacial score (nSPS) is 19.5. The monoisotopic (exact) mass is 241 g/mol. The van der Waals surface area contributed by atoms with E-state index in [0.29, 0.717) is 31.1 Å². The highest BCUT2D eigenvalue weighted by Gasteiger charge is 2.45. The number of nitrogens with one attached hydrogen (secondary N) is 1. The predicted molar refractivity (Wildman–Crippen MR) is 65.6 cm³/mol. The lowest BCUT2D eigenvalue weighted by atomic mass is 9.76. The van der Waals surface area contributed by atoms with Crippen molar-refractivity contribution in [1.82, 2.24) is 5.32 Å². The van der Waals surface area contributed by atoms with Crippen LogP contribution in [0.2, 0.25) is 0 Å². The molecule has 0 aromatic heterocycles. The first kappa shape index (κ1) is 14.0. The second-order valence-corrected chi connectivity index (χ2v) is 5.73. The number of aliphatic carboxylic acids is 1. The van der Waals surface area contributed by atoms with Gasteiger partial charge in [0.05, 0.1) is 0 Å². The van der Waals surface area contributed by atoms with Gasteiger partial charge in [-0.15, -0.1) is 0 Å². The van der Waals surface area contributed by atoms with Crippen LogP contribution in [-0.2, 0) is 9.59 Å². The van der Waals surface area contributed by atoms with Gasteiger partial charge < -0.3 is 10.4 Å². The fraction of sp³-hybridized carbons (Fsp3) is 0.846. The van der Waals surface area contributed by atoms with Crippen LogP contribution in [0.25, 0.3) is 0 Å². The molecule has 1 unspecified atom stereocenters. The van der Waals surface area contributed by atoms with Crippen molar-refractivity contribution in [2.24, 2.45) is 11.8 Å². The molecular formula is C13H23NO3. The maximum atomic E-state index is 11.8. The van der Waals surface area contributed by atoms with Crippen LogP contribution >= 0.6 is 0 Å². The van der Waals surface area contributed by atoms with Crippen molar-refractivity contribution in [1.29, 1.82) is 0 Å². The van der Waals surface area contributed by atoms with Crippen LogP contribution in [0.1, 0.15) is 52.9 Å². The Kier molecular flexibility index (Phi) is 4.54. The number of rotatable bonds is 6. The van der Waals surface area contributed by atoms with E-state index in [1.54, 1.807) is 0 Å². The van der Waals surface area contributed by atoms with Gasteiger partial charge in [0, 0.05) is 6.42 Å². The standard InChI is InChI=1S/C13H23NO3/c1-9(2)7-10(3)8-11(15)14-13(12(16)17)5-4-6-13/h9-10H,4-8H2,1-3H3,(H,14,15)(H,16,17). The van der Waals surface area contributed by atoms with Crippen molar-refractivity contribution >= 4 is 11.9 Å². The minimum atomic E-state index is -0.964. The fourth-order valence-corrected chi connectivity index (χ4v) is 2.45. The smallest absolute Gasteiger partial charge is 0.329 e. The van der Waals surface area contributed by atoms with Crippen LogP contribution in [0.5, 0.6) is 0 Å². The second kappa shape index (κ2) is 5.52. The molecule has 0 bridgehead atoms. The van der Waals surface area contributed by atoms with Crippen LogP contribution in [0, 0.1) is 11.8 Å². The summed E-state index contributed by atoms with van der Waals surface area (Å²) in [4.78, 5) is 22.9. The zero-order valence-corrected chi connectivity index (χ0v) is 11.0. The van der Waals surface area contributed by atoms with E-state index in [1.165, 1.54) is 0 Å².